The van der Waals surface area contributed by atoms with Gasteiger partial charge < -0.3 is 24.8 Å². The maximum absolute atomic E-state index is 2.67. The SMILES string of the molecule is C[Si](C)(C)C1=C([Si](C)(C)C2=C([Si](C)(C)C)SC3=CC=CC32)C2C=CC=C2S1.[Cl-].[Cl-].[Zr+2]. The molecule has 0 spiro atoms. The van der Waals surface area contributed by atoms with Crippen molar-refractivity contribution in [3.05, 3.63) is 65.7 Å². The minimum atomic E-state index is -1.75. The van der Waals surface area contributed by atoms with Crippen LogP contribution in [0.4, 0.5) is 0 Å². The van der Waals surface area contributed by atoms with Crippen LogP contribution in [0.5, 0.6) is 0 Å². The van der Waals surface area contributed by atoms with Gasteiger partial charge in [0.05, 0.1) is 16.1 Å². The zero-order chi connectivity index (χ0) is 19.8. The van der Waals surface area contributed by atoms with Gasteiger partial charge >= 0.3 is 26.2 Å². The van der Waals surface area contributed by atoms with Crippen molar-refractivity contribution in [3.63, 3.8) is 0 Å². The summed E-state index contributed by atoms with van der Waals surface area (Å²) >= 11 is 4.28. The van der Waals surface area contributed by atoms with Crippen molar-refractivity contribution in [3.8, 4) is 0 Å². The molecule has 162 valence electrons. The van der Waals surface area contributed by atoms with Crippen molar-refractivity contribution in [1.82, 2.24) is 0 Å². The molecule has 2 aliphatic heterocycles. The van der Waals surface area contributed by atoms with Crippen LogP contribution in [-0.2, 0) is 26.2 Å². The van der Waals surface area contributed by atoms with Crippen LogP contribution in [0.2, 0.25) is 52.4 Å². The summed E-state index contributed by atoms with van der Waals surface area (Å²) in [6.07, 6.45) is 14.3. The Morgan fingerprint density at radius 3 is 1.27 bits per heavy atom. The first-order valence-electron chi connectivity index (χ1n) is 10.0. The molecule has 0 aromatic heterocycles. The molecule has 4 aliphatic rings. The quantitative estimate of drug-likeness (QED) is 0.447. The molecule has 2 aliphatic carbocycles. The number of thioether (sulfide) groups is 2. The van der Waals surface area contributed by atoms with Gasteiger partial charge in [-0.1, -0.05) is 99.2 Å². The first-order valence-corrected chi connectivity index (χ1v) is 21.7. The fourth-order valence-electron chi connectivity index (χ4n) is 4.82. The second kappa shape index (κ2) is 9.86. The Labute approximate surface area is 226 Å². The van der Waals surface area contributed by atoms with Crippen LogP contribution in [0, 0.1) is 11.8 Å². The Kier molecular flexibility index (Phi) is 9.62. The van der Waals surface area contributed by atoms with Crippen LogP contribution in [0.3, 0.4) is 0 Å². The second-order valence-corrected chi connectivity index (χ2v) is 27.9. The maximum Gasteiger partial charge on any atom is 2.00 e. The van der Waals surface area contributed by atoms with E-state index in [4.69, 9.17) is 0 Å². The van der Waals surface area contributed by atoms with E-state index in [9.17, 15) is 0 Å². The molecule has 0 saturated carbocycles. The first-order chi connectivity index (χ1) is 12.4. The van der Waals surface area contributed by atoms with Crippen LogP contribution in [0.25, 0.3) is 0 Å². The van der Waals surface area contributed by atoms with E-state index in [1.165, 1.54) is 0 Å². The van der Waals surface area contributed by atoms with Gasteiger partial charge in [0.1, 0.15) is 8.07 Å². The van der Waals surface area contributed by atoms with Crippen molar-refractivity contribution in [2.24, 2.45) is 11.8 Å². The second-order valence-electron chi connectivity index (χ2n) is 10.7. The summed E-state index contributed by atoms with van der Waals surface area (Å²) in [7, 11) is -4.48. The number of hydrogen-bond donors (Lipinski definition) is 0. The molecule has 30 heavy (non-hydrogen) atoms. The molecule has 4 rings (SSSR count). The average molecular weight is 607 g/mol. The smallest absolute Gasteiger partial charge is 1.00 e. The van der Waals surface area contributed by atoms with E-state index in [0.717, 1.165) is 0 Å². The van der Waals surface area contributed by atoms with Crippen molar-refractivity contribution >= 4 is 47.7 Å². The molecule has 2 unspecified atom stereocenters. The third kappa shape index (κ3) is 4.87. The van der Waals surface area contributed by atoms with E-state index in [1.807, 2.05) is 10.4 Å². The zero-order valence-electron chi connectivity index (χ0n) is 19.2. The van der Waals surface area contributed by atoms with Crippen LogP contribution in [0.1, 0.15) is 0 Å². The molecular formula is C22H32Cl2S2Si3Zr. The van der Waals surface area contributed by atoms with Crippen molar-refractivity contribution in [2.75, 3.05) is 0 Å². The Hall–Kier alpha value is 1.25. The summed E-state index contributed by atoms with van der Waals surface area (Å²) in [5.41, 5.74) is 0. The fourth-order valence-corrected chi connectivity index (χ4v) is 21.4. The summed E-state index contributed by atoms with van der Waals surface area (Å²) in [6.45, 7) is 20.6. The van der Waals surface area contributed by atoms with Gasteiger partial charge in [0, 0.05) is 11.8 Å². The summed E-state index contributed by atoms with van der Waals surface area (Å²) in [4.78, 5) is 3.20. The average Bonchev–Trinajstić information content (AvgIpc) is 3.23. The number of halogens is 2. The van der Waals surface area contributed by atoms with Crippen molar-refractivity contribution < 1.29 is 51.0 Å². The van der Waals surface area contributed by atoms with Crippen LogP contribution in [-0.4, -0.2) is 24.2 Å². The molecule has 2 atom stereocenters. The minimum Gasteiger partial charge on any atom is -1.00 e. The summed E-state index contributed by atoms with van der Waals surface area (Å²) < 4.78 is 3.60. The monoisotopic (exact) mass is 604 g/mol. The van der Waals surface area contributed by atoms with E-state index in [0.29, 0.717) is 11.8 Å². The Bertz CT molecular complexity index is 828. The van der Waals surface area contributed by atoms with Gasteiger partial charge in [-0.15, -0.1) is 23.5 Å². The molecule has 8 heteroatoms. The van der Waals surface area contributed by atoms with E-state index >= 15 is 0 Å². The normalized spacial score (nSPS) is 24.8. The van der Waals surface area contributed by atoms with E-state index < -0.39 is 24.2 Å². The van der Waals surface area contributed by atoms with Crippen LogP contribution < -0.4 is 24.8 Å². The maximum atomic E-state index is 2.67. The predicted molar refractivity (Wildman–Crippen MR) is 135 cm³/mol. The Morgan fingerprint density at radius 2 is 0.967 bits per heavy atom. The van der Waals surface area contributed by atoms with Gasteiger partial charge in [-0.3, -0.25) is 0 Å². The molecular weight excluding hydrogens is 575 g/mol. The minimum absolute atomic E-state index is 0. The molecule has 0 aromatic rings. The molecule has 0 aromatic carbocycles. The number of hydrogen-bond acceptors (Lipinski definition) is 2. The molecule has 0 bridgehead atoms. The van der Waals surface area contributed by atoms with Crippen LogP contribution in [0.15, 0.2) is 65.7 Å². The van der Waals surface area contributed by atoms with Crippen molar-refractivity contribution in [1.29, 1.82) is 0 Å². The van der Waals surface area contributed by atoms with Gasteiger partial charge in [-0.25, -0.2) is 0 Å². The largest absolute Gasteiger partial charge is 2.00 e. The topological polar surface area (TPSA) is 0 Å². The van der Waals surface area contributed by atoms with Crippen molar-refractivity contribution in [2.45, 2.75) is 52.4 Å². The number of rotatable bonds is 4. The molecule has 0 radical (unpaired) electrons. The molecule has 2 heterocycles. The Balaban J connectivity index is 0.00000150. The third-order valence-corrected chi connectivity index (χ3v) is 20.3. The van der Waals surface area contributed by atoms with E-state index in [1.54, 1.807) is 18.9 Å². The van der Waals surface area contributed by atoms with Gasteiger partial charge in [0.25, 0.3) is 0 Å². The van der Waals surface area contributed by atoms with Gasteiger partial charge in [0.15, 0.2) is 0 Å². The Morgan fingerprint density at radius 1 is 0.633 bits per heavy atom. The standard InChI is InChI=1S/C22H32S2Si3.2ClH.Zr/c1-25(2,3)21-19(15-11-9-13-17(15)23-21)27(7,8)20-16-12-10-14-18(16)24-22(20)26(4,5)6;;;/h9-16H,1-8H3;2*1H;/q;;;+2/p-2. The third-order valence-electron chi connectivity index (χ3n) is 6.00. The number of allylic oxidation sites excluding steroid dienone is 10. The molecule has 0 amide bonds. The van der Waals surface area contributed by atoms with E-state index in [-0.39, 0.29) is 51.0 Å². The molecule has 0 saturated heterocycles. The zero-order valence-corrected chi connectivity index (χ0v) is 27.8. The summed E-state index contributed by atoms with van der Waals surface area (Å²) in [5, 5.41) is 3.72. The molecule has 0 fully saturated rings. The number of fused-ring (bicyclic) bond motifs is 2. The predicted octanol–water partition coefficient (Wildman–Crippen LogP) is 1.68. The summed E-state index contributed by atoms with van der Waals surface area (Å²) in [5.74, 6) is 1.16. The van der Waals surface area contributed by atoms with Crippen LogP contribution >= 0.6 is 23.5 Å². The van der Waals surface area contributed by atoms with E-state index in [2.05, 4.69) is 112 Å². The molecule has 0 N–H and O–H groups in total. The van der Waals surface area contributed by atoms with Gasteiger partial charge in [-0.05, 0) is 18.9 Å². The van der Waals surface area contributed by atoms with Gasteiger partial charge in [-0.2, -0.15) is 0 Å². The van der Waals surface area contributed by atoms with Gasteiger partial charge in [0.2, 0.25) is 0 Å². The molecule has 0 nitrogen and oxygen atoms in total. The fraction of sp³-hybridized carbons (Fsp3) is 0.455. The first kappa shape index (κ1) is 29.3. The summed E-state index contributed by atoms with van der Waals surface area (Å²) in [6, 6.07) is 0.